The highest BCUT2D eigenvalue weighted by Crippen LogP contribution is 2.26. The number of nitrogens with zero attached hydrogens (tertiary/aromatic N) is 1. The van der Waals surface area contributed by atoms with Crippen LogP contribution in [0.15, 0.2) is 35.4 Å². The second-order valence-corrected chi connectivity index (χ2v) is 6.10. The molecule has 2 rings (SSSR count). The van der Waals surface area contributed by atoms with Crippen molar-refractivity contribution in [2.75, 3.05) is 5.32 Å². The molecule has 0 aliphatic rings. The van der Waals surface area contributed by atoms with Crippen LogP contribution in [0.5, 0.6) is 0 Å². The first-order chi connectivity index (χ1) is 8.63. The lowest BCUT2D eigenvalue weighted by molar-refractivity contribution is 0.252. The number of nitrogens with one attached hydrogen (secondary N) is 1. The van der Waals surface area contributed by atoms with E-state index in [1.165, 1.54) is 11.3 Å². The van der Waals surface area contributed by atoms with E-state index in [2.05, 4.69) is 10.3 Å². The van der Waals surface area contributed by atoms with Crippen LogP contribution in [0.25, 0.3) is 0 Å². The zero-order valence-electron chi connectivity index (χ0n) is 9.07. The van der Waals surface area contributed by atoms with Crippen molar-refractivity contribution in [1.29, 1.82) is 0 Å². The van der Waals surface area contributed by atoms with E-state index in [4.69, 9.17) is 11.6 Å². The Balaban J connectivity index is 1.90. The van der Waals surface area contributed by atoms with Gasteiger partial charge in [0.15, 0.2) is 4.47 Å². The molecule has 2 nitrogen and oxygen atoms in total. The van der Waals surface area contributed by atoms with Crippen molar-refractivity contribution >= 4 is 40.4 Å². The Morgan fingerprint density at radius 2 is 2.06 bits per heavy atom. The Morgan fingerprint density at radius 3 is 2.61 bits per heavy atom. The van der Waals surface area contributed by atoms with Crippen LogP contribution in [0.4, 0.5) is 14.5 Å². The van der Waals surface area contributed by atoms with Gasteiger partial charge in [-0.05, 0) is 24.3 Å². The fraction of sp³-hybridized carbons (Fsp3) is 0.182. The summed E-state index contributed by atoms with van der Waals surface area (Å²) in [5.74, 6) is -2.39. The molecule has 1 aromatic carbocycles. The summed E-state index contributed by atoms with van der Waals surface area (Å²) in [6, 6.07) is 6.87. The molecule has 0 aliphatic heterocycles. The molecule has 0 bridgehead atoms. The lowest BCUT2D eigenvalue weighted by Crippen LogP contribution is -1.96. The molecule has 2 aromatic rings. The quantitative estimate of drug-likeness (QED) is 0.809. The van der Waals surface area contributed by atoms with Crippen molar-refractivity contribution in [1.82, 2.24) is 4.98 Å². The van der Waals surface area contributed by atoms with Crippen LogP contribution in [0.3, 0.4) is 0 Å². The predicted octanol–water partition coefficient (Wildman–Crippen LogP) is 4.72. The lowest BCUT2D eigenvalue weighted by Gasteiger charge is -2.05. The van der Waals surface area contributed by atoms with E-state index in [9.17, 15) is 8.78 Å². The molecule has 96 valence electrons. The summed E-state index contributed by atoms with van der Waals surface area (Å²) in [6.07, 6.45) is 1.71. The zero-order valence-corrected chi connectivity index (χ0v) is 11.5. The molecule has 0 unspecified atom stereocenters. The number of aromatic nitrogens is 1. The maximum atomic E-state index is 12.1. The molecule has 0 atom stereocenters. The van der Waals surface area contributed by atoms with E-state index in [0.717, 1.165) is 10.6 Å². The highest BCUT2D eigenvalue weighted by atomic mass is 35.5. The molecule has 0 spiro atoms. The number of thiazole rings is 1. The maximum absolute atomic E-state index is 12.1. The van der Waals surface area contributed by atoms with Gasteiger partial charge >= 0.3 is 0 Å². The van der Waals surface area contributed by atoms with Gasteiger partial charge in [0.25, 0.3) is 5.76 Å². The first-order valence-corrected chi connectivity index (χ1v) is 7.10. The fourth-order valence-electron chi connectivity index (χ4n) is 1.31. The number of anilines is 1. The van der Waals surface area contributed by atoms with Gasteiger partial charge in [-0.15, -0.1) is 11.3 Å². The average molecular weight is 307 g/mol. The summed E-state index contributed by atoms with van der Waals surface area (Å²) in [5, 5.41) is 3.17. The Bertz CT molecular complexity index is 502. The van der Waals surface area contributed by atoms with Crippen molar-refractivity contribution in [3.05, 3.63) is 39.8 Å². The summed E-state index contributed by atoms with van der Waals surface area (Å²) in [4.78, 5) is 5.50. The molecule has 1 aromatic heterocycles. The average Bonchev–Trinajstić information content (AvgIpc) is 2.74. The van der Waals surface area contributed by atoms with Crippen LogP contribution in [-0.2, 0) is 6.54 Å². The molecule has 0 radical (unpaired) electrons. The minimum atomic E-state index is -2.39. The maximum Gasteiger partial charge on any atom is 0.288 e. The Labute approximate surface area is 116 Å². The molecular formula is C11H9ClF2N2S2. The number of halogens is 3. The van der Waals surface area contributed by atoms with Crippen LogP contribution in [0.1, 0.15) is 4.88 Å². The Morgan fingerprint density at radius 1 is 1.33 bits per heavy atom. The molecule has 0 fully saturated rings. The molecule has 0 saturated carbocycles. The van der Waals surface area contributed by atoms with Gasteiger partial charge in [0.1, 0.15) is 0 Å². The third-order valence-corrected chi connectivity index (χ3v) is 3.91. The number of rotatable bonds is 5. The monoisotopic (exact) mass is 306 g/mol. The topological polar surface area (TPSA) is 24.9 Å². The van der Waals surface area contributed by atoms with Crippen molar-refractivity contribution in [3.63, 3.8) is 0 Å². The van der Waals surface area contributed by atoms with Gasteiger partial charge in [-0.3, -0.25) is 0 Å². The summed E-state index contributed by atoms with van der Waals surface area (Å²) in [7, 11) is 0. The smallest absolute Gasteiger partial charge is 0.288 e. The van der Waals surface area contributed by atoms with E-state index in [-0.39, 0.29) is 0 Å². The second kappa shape index (κ2) is 6.36. The van der Waals surface area contributed by atoms with Crippen LogP contribution in [0, 0.1) is 0 Å². The molecule has 1 heterocycles. The summed E-state index contributed by atoms with van der Waals surface area (Å²) in [6.45, 7) is 0.617. The Hall–Kier alpha value is -0.850. The number of hydrogen-bond acceptors (Lipinski definition) is 4. The minimum absolute atomic E-state index is 0.510. The van der Waals surface area contributed by atoms with Gasteiger partial charge in [0, 0.05) is 21.7 Å². The highest BCUT2D eigenvalue weighted by Gasteiger charge is 2.05. The molecular weight excluding hydrogens is 298 g/mol. The van der Waals surface area contributed by atoms with Crippen molar-refractivity contribution in [2.24, 2.45) is 0 Å². The molecule has 0 saturated heterocycles. The fourth-order valence-corrected chi connectivity index (χ4v) is 2.73. The van der Waals surface area contributed by atoms with Gasteiger partial charge in [0.2, 0.25) is 0 Å². The standard InChI is InChI=1S/C11H9ClF2N2S2/c12-10-16-6-9(17-10)5-15-7-1-3-8(4-2-7)18-11(13)14/h1-4,6,11,15H,5H2. The summed E-state index contributed by atoms with van der Waals surface area (Å²) in [5.41, 5.74) is 0.873. The van der Waals surface area contributed by atoms with E-state index in [1.807, 2.05) is 0 Å². The molecule has 7 heteroatoms. The Kier molecular flexibility index (Phi) is 4.79. The van der Waals surface area contributed by atoms with Crippen molar-refractivity contribution in [3.8, 4) is 0 Å². The normalized spacial score (nSPS) is 10.9. The SMILES string of the molecule is FC(F)Sc1ccc(NCc2cnc(Cl)s2)cc1. The van der Waals surface area contributed by atoms with E-state index in [1.54, 1.807) is 30.5 Å². The van der Waals surface area contributed by atoms with Crippen LogP contribution >= 0.6 is 34.7 Å². The van der Waals surface area contributed by atoms with Crippen molar-refractivity contribution in [2.45, 2.75) is 17.2 Å². The van der Waals surface area contributed by atoms with Gasteiger partial charge < -0.3 is 5.32 Å². The first kappa shape index (κ1) is 13.6. The van der Waals surface area contributed by atoms with Gasteiger partial charge in [-0.25, -0.2) is 4.98 Å². The van der Waals surface area contributed by atoms with Crippen molar-refractivity contribution < 1.29 is 8.78 Å². The summed E-state index contributed by atoms with van der Waals surface area (Å²) < 4.78 is 24.8. The molecule has 0 amide bonds. The van der Waals surface area contributed by atoms with Gasteiger partial charge in [-0.2, -0.15) is 8.78 Å². The van der Waals surface area contributed by atoms with E-state index >= 15 is 0 Å². The van der Waals surface area contributed by atoms with Gasteiger partial charge in [-0.1, -0.05) is 23.4 Å². The molecule has 0 aliphatic carbocycles. The molecule has 18 heavy (non-hydrogen) atoms. The van der Waals surface area contributed by atoms with Crippen LogP contribution in [0.2, 0.25) is 4.47 Å². The molecule has 1 N–H and O–H groups in total. The number of hydrogen-bond donors (Lipinski definition) is 1. The zero-order chi connectivity index (χ0) is 13.0. The van der Waals surface area contributed by atoms with Crippen LogP contribution in [-0.4, -0.2) is 10.7 Å². The lowest BCUT2D eigenvalue weighted by atomic mass is 10.3. The number of alkyl halides is 2. The van der Waals surface area contributed by atoms with E-state index < -0.39 is 5.76 Å². The van der Waals surface area contributed by atoms with Gasteiger partial charge in [0.05, 0.1) is 6.54 Å². The predicted molar refractivity (Wildman–Crippen MR) is 72.8 cm³/mol. The second-order valence-electron chi connectivity index (χ2n) is 3.34. The number of benzene rings is 1. The van der Waals surface area contributed by atoms with E-state index in [0.29, 0.717) is 27.7 Å². The third kappa shape index (κ3) is 4.12. The highest BCUT2D eigenvalue weighted by molar-refractivity contribution is 7.99. The third-order valence-electron chi connectivity index (χ3n) is 2.07. The minimum Gasteiger partial charge on any atom is -0.380 e. The van der Waals surface area contributed by atoms with Crippen LogP contribution < -0.4 is 5.32 Å². The first-order valence-electron chi connectivity index (χ1n) is 5.02. The summed E-state index contributed by atoms with van der Waals surface area (Å²) >= 11 is 7.66. The number of thioether (sulfide) groups is 1. The largest absolute Gasteiger partial charge is 0.380 e.